The van der Waals surface area contributed by atoms with Gasteiger partial charge in [0, 0.05) is 13.1 Å². The largest absolute Gasteiger partial charge is 0.390 e. The maximum atomic E-state index is 9.46. The van der Waals surface area contributed by atoms with E-state index < -0.39 is 0 Å². The molecule has 0 atom stereocenters. The van der Waals surface area contributed by atoms with Gasteiger partial charge in [-0.05, 0) is 39.0 Å². The average Bonchev–Trinajstić information content (AvgIpc) is 2.19. The molecular weight excluding hydrogens is 180 g/mol. The number of rotatable bonds is 10. The fourth-order valence-electron chi connectivity index (χ4n) is 1.06. The number of hydrogen-bond acceptors (Lipinski definition) is 5. The van der Waals surface area contributed by atoms with E-state index in [0.29, 0.717) is 26.2 Å². The van der Waals surface area contributed by atoms with Gasteiger partial charge in [-0.15, -0.1) is 0 Å². The molecule has 0 aromatic rings. The summed E-state index contributed by atoms with van der Waals surface area (Å²) < 4.78 is 0. The van der Waals surface area contributed by atoms with Crippen molar-refractivity contribution in [3.8, 4) is 0 Å². The highest BCUT2D eigenvalue weighted by Gasteiger charge is 2.01. The van der Waals surface area contributed by atoms with Crippen LogP contribution in [-0.4, -0.2) is 50.5 Å². The summed E-state index contributed by atoms with van der Waals surface area (Å²) in [6, 6.07) is 0. The molecule has 0 rings (SSSR count). The van der Waals surface area contributed by atoms with E-state index in [1.807, 2.05) is 0 Å². The molecule has 0 saturated carbocycles. The molecule has 86 valence electrons. The first kappa shape index (κ1) is 13.8. The number of hydrogen-bond donors (Lipinski definition) is 5. The number of aliphatic hydroxyl groups excluding tert-OH is 1. The smallest absolute Gasteiger partial charge is 0.0788 e. The van der Waals surface area contributed by atoms with Gasteiger partial charge in [0.25, 0.3) is 0 Å². The highest BCUT2D eigenvalue weighted by atomic mass is 16.3. The van der Waals surface area contributed by atoms with Crippen LogP contribution in [0.25, 0.3) is 0 Å². The SMILES string of the molecule is NCCCNCC(O)CNCCCN. The van der Waals surface area contributed by atoms with Gasteiger partial charge >= 0.3 is 0 Å². The zero-order valence-corrected chi connectivity index (χ0v) is 8.84. The van der Waals surface area contributed by atoms with Crippen molar-refractivity contribution in [3.63, 3.8) is 0 Å². The molecule has 0 radical (unpaired) electrons. The van der Waals surface area contributed by atoms with Crippen molar-refractivity contribution in [2.24, 2.45) is 11.5 Å². The monoisotopic (exact) mass is 204 g/mol. The number of nitrogens with two attached hydrogens (primary N) is 2. The van der Waals surface area contributed by atoms with E-state index in [2.05, 4.69) is 10.6 Å². The predicted molar refractivity (Wildman–Crippen MR) is 59.1 cm³/mol. The molecule has 14 heavy (non-hydrogen) atoms. The molecule has 0 fully saturated rings. The first-order valence-corrected chi connectivity index (χ1v) is 5.31. The Morgan fingerprint density at radius 2 is 1.36 bits per heavy atom. The lowest BCUT2D eigenvalue weighted by atomic mass is 10.3. The Labute approximate surface area is 86.2 Å². The van der Waals surface area contributed by atoms with Crippen LogP contribution in [0.3, 0.4) is 0 Å². The Balaban J connectivity index is 3.07. The van der Waals surface area contributed by atoms with Crippen LogP contribution >= 0.6 is 0 Å². The molecule has 0 aliphatic heterocycles. The van der Waals surface area contributed by atoms with Gasteiger partial charge in [-0.1, -0.05) is 0 Å². The highest BCUT2D eigenvalue weighted by molar-refractivity contribution is 4.62. The molecule has 5 nitrogen and oxygen atoms in total. The van der Waals surface area contributed by atoms with Crippen LogP contribution in [0, 0.1) is 0 Å². The summed E-state index contributed by atoms with van der Waals surface area (Å²) in [7, 11) is 0. The zero-order chi connectivity index (χ0) is 10.6. The van der Waals surface area contributed by atoms with Crippen LogP contribution in [0.1, 0.15) is 12.8 Å². The van der Waals surface area contributed by atoms with Crippen LogP contribution in [0.2, 0.25) is 0 Å². The second-order valence-electron chi connectivity index (χ2n) is 3.35. The maximum Gasteiger partial charge on any atom is 0.0788 e. The van der Waals surface area contributed by atoms with Crippen LogP contribution in [-0.2, 0) is 0 Å². The first-order valence-electron chi connectivity index (χ1n) is 5.31. The third kappa shape index (κ3) is 9.88. The van der Waals surface area contributed by atoms with E-state index in [9.17, 15) is 5.11 Å². The van der Waals surface area contributed by atoms with Crippen molar-refractivity contribution in [1.82, 2.24) is 10.6 Å². The summed E-state index contributed by atoms with van der Waals surface area (Å²) in [5.41, 5.74) is 10.7. The summed E-state index contributed by atoms with van der Waals surface area (Å²) in [5, 5.41) is 15.7. The van der Waals surface area contributed by atoms with Gasteiger partial charge in [-0.25, -0.2) is 0 Å². The summed E-state index contributed by atoms with van der Waals surface area (Å²) in [5.74, 6) is 0. The fourth-order valence-corrected chi connectivity index (χ4v) is 1.06. The Morgan fingerprint density at radius 3 is 1.71 bits per heavy atom. The second-order valence-corrected chi connectivity index (χ2v) is 3.35. The lowest BCUT2D eigenvalue weighted by Gasteiger charge is -2.12. The van der Waals surface area contributed by atoms with Crippen molar-refractivity contribution in [1.29, 1.82) is 0 Å². The third-order valence-electron chi connectivity index (χ3n) is 1.88. The van der Waals surface area contributed by atoms with Crippen molar-refractivity contribution < 1.29 is 5.11 Å². The van der Waals surface area contributed by atoms with Crippen molar-refractivity contribution in [2.75, 3.05) is 39.3 Å². The Kier molecular flexibility index (Phi) is 10.7. The molecule has 0 aromatic heterocycles. The lowest BCUT2D eigenvalue weighted by molar-refractivity contribution is 0.169. The van der Waals surface area contributed by atoms with Crippen molar-refractivity contribution in [2.45, 2.75) is 18.9 Å². The van der Waals surface area contributed by atoms with Gasteiger partial charge in [-0.2, -0.15) is 0 Å². The second kappa shape index (κ2) is 10.9. The molecule has 0 spiro atoms. The molecule has 0 heterocycles. The Morgan fingerprint density at radius 1 is 0.929 bits per heavy atom. The lowest BCUT2D eigenvalue weighted by Crippen LogP contribution is -2.36. The fraction of sp³-hybridized carbons (Fsp3) is 1.00. The third-order valence-corrected chi connectivity index (χ3v) is 1.88. The molecule has 5 heteroatoms. The molecule has 0 unspecified atom stereocenters. The predicted octanol–water partition coefficient (Wildman–Crippen LogP) is -1.78. The Bertz CT molecular complexity index is 101. The van der Waals surface area contributed by atoms with E-state index >= 15 is 0 Å². The molecule has 7 N–H and O–H groups in total. The van der Waals surface area contributed by atoms with E-state index in [1.54, 1.807) is 0 Å². The summed E-state index contributed by atoms with van der Waals surface area (Å²) in [6.07, 6.45) is 1.58. The summed E-state index contributed by atoms with van der Waals surface area (Å²) >= 11 is 0. The normalized spacial score (nSPS) is 11.1. The van der Waals surface area contributed by atoms with E-state index in [1.165, 1.54) is 0 Å². The highest BCUT2D eigenvalue weighted by Crippen LogP contribution is 1.79. The molecular formula is C9H24N4O. The first-order chi connectivity index (χ1) is 6.81. The van der Waals surface area contributed by atoms with E-state index in [4.69, 9.17) is 11.5 Å². The van der Waals surface area contributed by atoms with Crippen LogP contribution in [0.5, 0.6) is 0 Å². The number of nitrogens with one attached hydrogen (secondary N) is 2. The maximum absolute atomic E-state index is 9.46. The average molecular weight is 204 g/mol. The Hall–Kier alpha value is -0.200. The van der Waals surface area contributed by atoms with Gasteiger partial charge in [0.05, 0.1) is 6.10 Å². The van der Waals surface area contributed by atoms with E-state index in [0.717, 1.165) is 25.9 Å². The summed E-state index contributed by atoms with van der Waals surface area (Å²) in [6.45, 7) is 4.37. The van der Waals surface area contributed by atoms with Crippen molar-refractivity contribution >= 4 is 0 Å². The molecule has 0 saturated heterocycles. The molecule has 0 amide bonds. The van der Waals surface area contributed by atoms with Crippen LogP contribution in [0.15, 0.2) is 0 Å². The number of aliphatic hydroxyl groups is 1. The minimum atomic E-state index is -0.328. The van der Waals surface area contributed by atoms with Gasteiger partial charge in [0.1, 0.15) is 0 Å². The van der Waals surface area contributed by atoms with Gasteiger partial charge in [0.15, 0.2) is 0 Å². The van der Waals surface area contributed by atoms with Crippen LogP contribution < -0.4 is 22.1 Å². The molecule has 0 aliphatic rings. The quantitative estimate of drug-likeness (QED) is 0.271. The van der Waals surface area contributed by atoms with Gasteiger partial charge < -0.3 is 27.2 Å². The zero-order valence-electron chi connectivity index (χ0n) is 8.84. The molecule has 0 aliphatic carbocycles. The summed E-state index contributed by atoms with van der Waals surface area (Å²) in [4.78, 5) is 0. The topological polar surface area (TPSA) is 96.3 Å². The molecule has 0 bridgehead atoms. The van der Waals surface area contributed by atoms with Crippen LogP contribution in [0.4, 0.5) is 0 Å². The minimum absolute atomic E-state index is 0.328. The van der Waals surface area contributed by atoms with Gasteiger partial charge in [0.2, 0.25) is 0 Å². The van der Waals surface area contributed by atoms with Crippen molar-refractivity contribution in [3.05, 3.63) is 0 Å². The van der Waals surface area contributed by atoms with E-state index in [-0.39, 0.29) is 6.10 Å². The minimum Gasteiger partial charge on any atom is -0.390 e. The molecule has 0 aromatic carbocycles. The standard InChI is InChI=1S/C9H24N4O/c10-3-1-5-12-7-9(14)8-13-6-2-4-11/h9,12-14H,1-8,10-11H2. The van der Waals surface area contributed by atoms with Gasteiger partial charge in [-0.3, -0.25) is 0 Å².